The number of hydrogen-bond acceptors (Lipinski definition) is 6. The zero-order valence-electron chi connectivity index (χ0n) is 20.0. The Kier molecular flexibility index (Phi) is 6.86. The number of thioether (sulfide) groups is 1. The van der Waals surface area contributed by atoms with Crippen LogP contribution in [0.15, 0.2) is 89.0 Å². The smallest absolute Gasteiger partial charge is 0.262 e. The summed E-state index contributed by atoms with van der Waals surface area (Å²) >= 11 is 1.29. The molecule has 3 aromatic rings. The van der Waals surface area contributed by atoms with Crippen LogP contribution in [0.3, 0.4) is 0 Å². The summed E-state index contributed by atoms with van der Waals surface area (Å²) in [5, 5.41) is 9.50. The van der Waals surface area contributed by atoms with Crippen molar-refractivity contribution >= 4 is 40.1 Å². The molecule has 0 radical (unpaired) electrons. The van der Waals surface area contributed by atoms with E-state index in [0.717, 1.165) is 28.2 Å². The van der Waals surface area contributed by atoms with Gasteiger partial charge in [-0.05, 0) is 42.3 Å². The number of ether oxygens (including phenoxy) is 1. The maximum atomic E-state index is 12.8. The summed E-state index contributed by atoms with van der Waals surface area (Å²) in [4.78, 5) is 29.7. The van der Waals surface area contributed by atoms with Crippen LogP contribution in [-0.2, 0) is 9.59 Å². The van der Waals surface area contributed by atoms with Gasteiger partial charge in [0.2, 0.25) is 5.91 Å². The summed E-state index contributed by atoms with van der Waals surface area (Å²) in [6.07, 6.45) is 0.712. The molecular formula is C28H26N4O3S. The molecule has 5 rings (SSSR count). The van der Waals surface area contributed by atoms with Gasteiger partial charge >= 0.3 is 0 Å². The monoisotopic (exact) mass is 498 g/mol. The molecule has 0 spiro atoms. The molecule has 2 amide bonds. The highest BCUT2D eigenvalue weighted by atomic mass is 32.2. The molecule has 2 aliphatic heterocycles. The number of amides is 2. The minimum atomic E-state index is -0.585. The highest BCUT2D eigenvalue weighted by Gasteiger charge is 2.39. The minimum Gasteiger partial charge on any atom is -0.497 e. The van der Waals surface area contributed by atoms with Gasteiger partial charge < -0.3 is 10.1 Å². The first kappa shape index (κ1) is 23.8. The Labute approximate surface area is 214 Å². The van der Waals surface area contributed by atoms with E-state index in [1.165, 1.54) is 11.8 Å². The second-order valence-electron chi connectivity index (χ2n) is 8.71. The van der Waals surface area contributed by atoms with Gasteiger partial charge in [-0.2, -0.15) is 10.1 Å². The largest absolute Gasteiger partial charge is 0.497 e. The third-order valence-corrected chi connectivity index (χ3v) is 7.29. The van der Waals surface area contributed by atoms with Crippen molar-refractivity contribution in [1.82, 2.24) is 5.01 Å². The van der Waals surface area contributed by atoms with Crippen LogP contribution >= 0.6 is 11.8 Å². The third-order valence-electron chi connectivity index (χ3n) is 6.15. The number of aryl methyl sites for hydroxylation is 1. The Morgan fingerprint density at radius 2 is 1.78 bits per heavy atom. The number of carbonyl (C=O) groups is 2. The Balaban J connectivity index is 1.34. The fraction of sp³-hybridized carbons (Fsp3) is 0.214. The molecule has 0 aromatic heterocycles. The Hall–Kier alpha value is -3.91. The number of benzene rings is 3. The highest BCUT2D eigenvalue weighted by Crippen LogP contribution is 2.39. The van der Waals surface area contributed by atoms with Crippen molar-refractivity contribution in [2.45, 2.75) is 31.1 Å². The van der Waals surface area contributed by atoms with Crippen LogP contribution in [0.4, 0.5) is 5.69 Å². The van der Waals surface area contributed by atoms with Crippen molar-refractivity contribution < 1.29 is 14.3 Å². The van der Waals surface area contributed by atoms with Crippen LogP contribution in [-0.4, -0.2) is 40.1 Å². The Bertz CT molecular complexity index is 1320. The van der Waals surface area contributed by atoms with E-state index in [1.54, 1.807) is 7.11 Å². The SMILES string of the molecule is COc1ccc([C@@H]2CC(c3ccccc3)=NN2C2=NC(=O)[C@@H](CC(=O)Nc3ccc(C)cc3)S2)cc1. The molecule has 0 fully saturated rings. The lowest BCUT2D eigenvalue weighted by Gasteiger charge is -2.23. The second kappa shape index (κ2) is 10.4. The highest BCUT2D eigenvalue weighted by molar-refractivity contribution is 8.15. The van der Waals surface area contributed by atoms with Crippen molar-refractivity contribution in [3.05, 3.63) is 95.6 Å². The number of carbonyl (C=O) groups excluding carboxylic acids is 2. The van der Waals surface area contributed by atoms with E-state index in [9.17, 15) is 9.59 Å². The average molecular weight is 499 g/mol. The lowest BCUT2D eigenvalue weighted by molar-refractivity contribution is -0.121. The van der Waals surface area contributed by atoms with Crippen molar-refractivity contribution in [2.75, 3.05) is 12.4 Å². The normalized spacial score (nSPS) is 19.2. The molecule has 0 saturated carbocycles. The van der Waals surface area contributed by atoms with E-state index < -0.39 is 5.25 Å². The summed E-state index contributed by atoms with van der Waals surface area (Å²) < 4.78 is 5.31. The third kappa shape index (κ3) is 5.18. The number of methoxy groups -OCH3 is 1. The standard InChI is InChI=1S/C28H26N4O3S/c1-18-8-12-21(13-9-18)29-26(33)17-25-27(34)30-28(36-25)32-24(20-10-14-22(35-2)15-11-20)16-23(31-32)19-6-4-3-5-7-19/h3-15,24-25H,16-17H2,1-2H3,(H,29,33)/t24-,25+/m0/s1. The van der Waals surface area contributed by atoms with Gasteiger partial charge in [0.05, 0.1) is 18.9 Å². The minimum absolute atomic E-state index is 0.0423. The molecular weight excluding hydrogens is 472 g/mol. The predicted octanol–water partition coefficient (Wildman–Crippen LogP) is 5.18. The maximum absolute atomic E-state index is 12.8. The number of anilines is 1. The van der Waals surface area contributed by atoms with E-state index in [4.69, 9.17) is 9.84 Å². The Morgan fingerprint density at radius 3 is 2.47 bits per heavy atom. The molecule has 2 atom stereocenters. The van der Waals surface area contributed by atoms with Crippen LogP contribution < -0.4 is 10.1 Å². The number of amidine groups is 1. The van der Waals surface area contributed by atoms with Gasteiger partial charge in [-0.1, -0.05) is 71.9 Å². The van der Waals surface area contributed by atoms with Crippen LogP contribution in [0.1, 0.15) is 35.6 Å². The summed E-state index contributed by atoms with van der Waals surface area (Å²) in [6.45, 7) is 1.99. The molecule has 36 heavy (non-hydrogen) atoms. The van der Waals surface area contributed by atoms with Crippen molar-refractivity contribution in [3.63, 3.8) is 0 Å². The topological polar surface area (TPSA) is 83.4 Å². The van der Waals surface area contributed by atoms with Gasteiger partial charge in [0.25, 0.3) is 5.91 Å². The molecule has 1 N–H and O–H groups in total. The van der Waals surface area contributed by atoms with E-state index >= 15 is 0 Å². The number of aliphatic imine (C=N–C) groups is 1. The van der Waals surface area contributed by atoms with Crippen molar-refractivity contribution in [2.24, 2.45) is 10.1 Å². The summed E-state index contributed by atoms with van der Waals surface area (Å²) in [6, 6.07) is 25.3. The van der Waals surface area contributed by atoms with Gasteiger partial charge in [0.15, 0.2) is 5.17 Å². The van der Waals surface area contributed by atoms with Crippen molar-refractivity contribution in [3.8, 4) is 5.75 Å². The summed E-state index contributed by atoms with van der Waals surface area (Å²) in [5.41, 5.74) is 4.82. The number of rotatable bonds is 6. The van der Waals surface area contributed by atoms with Crippen LogP contribution in [0.25, 0.3) is 0 Å². The van der Waals surface area contributed by atoms with Gasteiger partial charge in [-0.25, -0.2) is 5.01 Å². The quantitative estimate of drug-likeness (QED) is 0.506. The zero-order valence-corrected chi connectivity index (χ0v) is 20.9. The van der Waals surface area contributed by atoms with Crippen molar-refractivity contribution in [1.29, 1.82) is 0 Å². The summed E-state index contributed by atoms with van der Waals surface area (Å²) in [5.74, 6) is 0.239. The van der Waals surface area contributed by atoms with Crippen LogP contribution in [0, 0.1) is 6.92 Å². The van der Waals surface area contributed by atoms with E-state index in [2.05, 4.69) is 10.3 Å². The number of nitrogens with one attached hydrogen (secondary N) is 1. The van der Waals surface area contributed by atoms with Crippen LogP contribution in [0.2, 0.25) is 0 Å². The Morgan fingerprint density at radius 1 is 1.06 bits per heavy atom. The first-order valence-electron chi connectivity index (χ1n) is 11.7. The first-order valence-corrected chi connectivity index (χ1v) is 12.6. The number of nitrogens with zero attached hydrogens (tertiary/aromatic N) is 3. The molecule has 8 heteroatoms. The zero-order chi connectivity index (χ0) is 25.1. The fourth-order valence-corrected chi connectivity index (χ4v) is 5.26. The van der Waals surface area contributed by atoms with Crippen LogP contribution in [0.5, 0.6) is 5.75 Å². The van der Waals surface area contributed by atoms with Gasteiger partial charge in [0.1, 0.15) is 11.0 Å². The first-order chi connectivity index (χ1) is 17.5. The second-order valence-corrected chi connectivity index (χ2v) is 9.88. The number of hydrazone groups is 1. The molecule has 7 nitrogen and oxygen atoms in total. The lowest BCUT2D eigenvalue weighted by Crippen LogP contribution is -2.25. The van der Waals surface area contributed by atoms with E-state index in [1.807, 2.05) is 90.8 Å². The van der Waals surface area contributed by atoms with Gasteiger partial charge in [0, 0.05) is 18.5 Å². The molecule has 0 aliphatic carbocycles. The predicted molar refractivity (Wildman–Crippen MR) is 143 cm³/mol. The molecule has 182 valence electrons. The number of hydrogen-bond donors (Lipinski definition) is 1. The molecule has 2 heterocycles. The molecule has 2 aliphatic rings. The van der Waals surface area contributed by atoms with E-state index in [0.29, 0.717) is 17.3 Å². The average Bonchev–Trinajstić information content (AvgIpc) is 3.50. The summed E-state index contributed by atoms with van der Waals surface area (Å²) in [7, 11) is 1.64. The van der Waals surface area contributed by atoms with Gasteiger partial charge in [-0.15, -0.1) is 0 Å². The fourth-order valence-electron chi connectivity index (χ4n) is 4.20. The molecule has 3 aromatic carbocycles. The lowest BCUT2D eigenvalue weighted by atomic mass is 9.98. The van der Waals surface area contributed by atoms with E-state index in [-0.39, 0.29) is 24.3 Å². The molecule has 0 bridgehead atoms. The van der Waals surface area contributed by atoms with Gasteiger partial charge in [-0.3, -0.25) is 9.59 Å². The maximum Gasteiger partial charge on any atom is 0.262 e. The molecule has 0 unspecified atom stereocenters. The molecule has 0 saturated heterocycles.